The molecule has 0 unspecified atom stereocenters. The molecule has 1 aliphatic rings. The number of carbonyl (C=O) groups is 1. The van der Waals surface area contributed by atoms with Gasteiger partial charge in [-0.05, 0) is 74.2 Å². The number of methoxy groups -OCH3 is 2. The lowest BCUT2D eigenvalue weighted by Gasteiger charge is -2.37. The number of aromatic nitrogens is 2. The minimum Gasteiger partial charge on any atom is -0.494 e. The zero-order valence-electron chi connectivity index (χ0n) is 21.0. The maximum Gasteiger partial charge on any atom is 0.337 e. The molecule has 0 saturated carbocycles. The predicted octanol–water partition coefficient (Wildman–Crippen LogP) is 4.13. The number of piperazine rings is 1. The zero-order valence-corrected chi connectivity index (χ0v) is 21.0. The fourth-order valence-electron chi connectivity index (χ4n) is 4.47. The topological polar surface area (TPSA) is 88.6 Å². The molecule has 0 radical (unpaired) electrons. The number of ether oxygens (including phenoxy) is 2. The number of hydrogen-bond acceptors (Lipinski definition) is 8. The largest absolute Gasteiger partial charge is 0.494 e. The molecule has 1 aromatic heterocycles. The molecule has 0 bridgehead atoms. The number of esters is 1. The van der Waals surface area contributed by atoms with Crippen molar-refractivity contribution in [1.29, 1.82) is 0 Å². The number of halogens is 1. The van der Waals surface area contributed by atoms with Gasteiger partial charge in [0.05, 0.1) is 19.8 Å². The van der Waals surface area contributed by atoms with Gasteiger partial charge < -0.3 is 25.0 Å². The van der Waals surface area contributed by atoms with Crippen molar-refractivity contribution in [2.45, 2.75) is 38.8 Å². The Morgan fingerprint density at radius 2 is 1.75 bits per heavy atom. The van der Waals surface area contributed by atoms with Crippen molar-refractivity contribution < 1.29 is 18.7 Å². The molecule has 1 fully saturated rings. The van der Waals surface area contributed by atoms with Crippen molar-refractivity contribution in [3.63, 3.8) is 0 Å². The van der Waals surface area contributed by atoms with Gasteiger partial charge in [-0.3, -0.25) is 0 Å². The summed E-state index contributed by atoms with van der Waals surface area (Å²) < 4.78 is 24.5. The first-order chi connectivity index (χ1) is 17.4. The number of nitrogens with zero attached hydrogens (tertiary/aromatic N) is 3. The Morgan fingerprint density at radius 3 is 2.36 bits per heavy atom. The Labute approximate surface area is 210 Å². The molecule has 2 N–H and O–H groups in total. The van der Waals surface area contributed by atoms with E-state index in [0.717, 1.165) is 24.3 Å². The van der Waals surface area contributed by atoms with Gasteiger partial charge in [0.15, 0.2) is 11.6 Å². The molecule has 0 amide bonds. The van der Waals surface area contributed by atoms with Gasteiger partial charge in [0.25, 0.3) is 0 Å². The Hall–Kier alpha value is -3.72. The van der Waals surface area contributed by atoms with Gasteiger partial charge in [-0.1, -0.05) is 0 Å². The fourth-order valence-corrected chi connectivity index (χ4v) is 4.47. The van der Waals surface area contributed by atoms with Crippen molar-refractivity contribution in [3.05, 3.63) is 71.3 Å². The smallest absolute Gasteiger partial charge is 0.337 e. The SMILES string of the molecule is COC(=O)c1cc(CCc2cnc(Nc3ccc(N4C[C@@H](C)N[C@@H](C)C4)cc3)nc2)c(F)c(OC)c1. The average Bonchev–Trinajstić information content (AvgIpc) is 2.88. The van der Waals surface area contributed by atoms with Crippen LogP contribution in [0.1, 0.15) is 35.3 Å². The van der Waals surface area contributed by atoms with Gasteiger partial charge in [0.2, 0.25) is 5.95 Å². The number of carbonyl (C=O) groups excluding carboxylic acids is 1. The summed E-state index contributed by atoms with van der Waals surface area (Å²) in [7, 11) is 2.65. The monoisotopic (exact) mass is 493 g/mol. The highest BCUT2D eigenvalue weighted by Crippen LogP contribution is 2.25. The summed E-state index contributed by atoms with van der Waals surface area (Å²) in [6.07, 6.45) is 4.29. The molecule has 0 aliphatic carbocycles. The standard InChI is InChI=1S/C27H32FN5O3/c1-17-15-33(16-18(2)31-17)23-9-7-22(8-10-23)32-27-29-13-19(14-30-27)5-6-20-11-21(26(34)36-4)12-24(35-3)25(20)28/h7-14,17-18,31H,5-6,15-16H2,1-4H3,(H,29,30,32)/t17-,18+. The normalized spacial score (nSPS) is 17.5. The molecule has 0 spiro atoms. The fraction of sp³-hybridized carbons (Fsp3) is 0.370. The van der Waals surface area contributed by atoms with Gasteiger partial charge in [-0.15, -0.1) is 0 Å². The predicted molar refractivity (Wildman–Crippen MR) is 138 cm³/mol. The number of nitrogens with one attached hydrogen (secondary N) is 2. The maximum atomic E-state index is 14.7. The van der Waals surface area contributed by atoms with Crippen LogP contribution in [0.4, 0.5) is 21.7 Å². The second-order valence-electron chi connectivity index (χ2n) is 9.10. The van der Waals surface area contributed by atoms with E-state index < -0.39 is 11.8 Å². The highest BCUT2D eigenvalue weighted by molar-refractivity contribution is 5.90. The van der Waals surface area contributed by atoms with Crippen molar-refractivity contribution in [2.24, 2.45) is 0 Å². The molecule has 4 rings (SSSR count). The van der Waals surface area contributed by atoms with E-state index in [-0.39, 0.29) is 11.3 Å². The first-order valence-electron chi connectivity index (χ1n) is 12.0. The Morgan fingerprint density at radius 1 is 1.08 bits per heavy atom. The van der Waals surface area contributed by atoms with Crippen LogP contribution in [0.2, 0.25) is 0 Å². The number of aryl methyl sites for hydroxylation is 2. The van der Waals surface area contributed by atoms with Gasteiger partial charge in [0, 0.05) is 48.9 Å². The molecule has 2 atom stereocenters. The van der Waals surface area contributed by atoms with Crippen LogP contribution in [0, 0.1) is 5.82 Å². The third-order valence-electron chi connectivity index (χ3n) is 6.19. The minimum atomic E-state index is -0.543. The average molecular weight is 494 g/mol. The lowest BCUT2D eigenvalue weighted by atomic mass is 10.0. The first kappa shape index (κ1) is 25.4. The lowest BCUT2D eigenvalue weighted by Crippen LogP contribution is -2.54. The van der Waals surface area contributed by atoms with E-state index in [0.29, 0.717) is 36.4 Å². The summed E-state index contributed by atoms with van der Waals surface area (Å²) in [6, 6.07) is 12.0. The van der Waals surface area contributed by atoms with Crippen LogP contribution in [-0.4, -0.2) is 55.3 Å². The number of benzene rings is 2. The maximum absolute atomic E-state index is 14.7. The molecule has 36 heavy (non-hydrogen) atoms. The second kappa shape index (κ2) is 11.3. The third kappa shape index (κ3) is 6.09. The van der Waals surface area contributed by atoms with E-state index in [4.69, 9.17) is 9.47 Å². The number of anilines is 3. The molecule has 3 aromatic rings. The van der Waals surface area contributed by atoms with E-state index in [1.54, 1.807) is 12.4 Å². The summed E-state index contributed by atoms with van der Waals surface area (Å²) in [4.78, 5) is 23.1. The molecule has 1 saturated heterocycles. The van der Waals surface area contributed by atoms with Crippen LogP contribution in [0.15, 0.2) is 48.8 Å². The van der Waals surface area contributed by atoms with Crippen LogP contribution >= 0.6 is 0 Å². The van der Waals surface area contributed by atoms with Gasteiger partial charge in [0.1, 0.15) is 0 Å². The summed E-state index contributed by atoms with van der Waals surface area (Å²) in [6.45, 7) is 6.36. The second-order valence-corrected chi connectivity index (χ2v) is 9.10. The molecule has 2 aromatic carbocycles. The van der Waals surface area contributed by atoms with E-state index in [2.05, 4.69) is 51.5 Å². The lowest BCUT2D eigenvalue weighted by molar-refractivity contribution is 0.0600. The Kier molecular flexibility index (Phi) is 8.00. The molecule has 9 heteroatoms. The quantitative estimate of drug-likeness (QED) is 0.453. The van der Waals surface area contributed by atoms with E-state index in [1.807, 2.05) is 12.1 Å². The van der Waals surface area contributed by atoms with Gasteiger partial charge >= 0.3 is 5.97 Å². The van der Waals surface area contributed by atoms with Crippen molar-refractivity contribution >= 4 is 23.3 Å². The summed E-state index contributed by atoms with van der Waals surface area (Å²) in [5.41, 5.74) is 3.55. The summed E-state index contributed by atoms with van der Waals surface area (Å²) >= 11 is 0. The van der Waals surface area contributed by atoms with E-state index >= 15 is 0 Å². The summed E-state index contributed by atoms with van der Waals surface area (Å²) in [5, 5.41) is 6.77. The number of rotatable bonds is 8. The highest BCUT2D eigenvalue weighted by Gasteiger charge is 2.21. The van der Waals surface area contributed by atoms with Crippen molar-refractivity contribution in [1.82, 2.24) is 15.3 Å². The van der Waals surface area contributed by atoms with Crippen LogP contribution in [0.5, 0.6) is 5.75 Å². The third-order valence-corrected chi connectivity index (χ3v) is 6.19. The molecular formula is C27H32FN5O3. The van der Waals surface area contributed by atoms with Gasteiger partial charge in [-0.25, -0.2) is 19.2 Å². The molecule has 8 nitrogen and oxygen atoms in total. The van der Waals surface area contributed by atoms with Crippen LogP contribution in [0.25, 0.3) is 0 Å². The Bertz CT molecular complexity index is 1180. The molecular weight excluding hydrogens is 461 g/mol. The van der Waals surface area contributed by atoms with Crippen LogP contribution < -0.4 is 20.3 Å². The summed E-state index contributed by atoms with van der Waals surface area (Å²) in [5.74, 6) is -0.539. The highest BCUT2D eigenvalue weighted by atomic mass is 19.1. The minimum absolute atomic E-state index is 0.00990. The van der Waals surface area contributed by atoms with Crippen molar-refractivity contribution in [3.8, 4) is 5.75 Å². The van der Waals surface area contributed by atoms with Gasteiger partial charge in [-0.2, -0.15) is 0 Å². The van der Waals surface area contributed by atoms with Crippen LogP contribution in [-0.2, 0) is 17.6 Å². The van der Waals surface area contributed by atoms with E-state index in [9.17, 15) is 9.18 Å². The zero-order chi connectivity index (χ0) is 25.7. The molecule has 2 heterocycles. The molecule has 190 valence electrons. The molecule has 1 aliphatic heterocycles. The first-order valence-corrected chi connectivity index (χ1v) is 12.0. The number of hydrogen-bond donors (Lipinski definition) is 2. The van der Waals surface area contributed by atoms with Crippen LogP contribution in [0.3, 0.4) is 0 Å². The van der Waals surface area contributed by atoms with E-state index in [1.165, 1.54) is 32.0 Å². The Balaban J connectivity index is 1.37. The van der Waals surface area contributed by atoms with Crippen molar-refractivity contribution in [2.75, 3.05) is 37.5 Å².